The maximum absolute atomic E-state index is 13.5. The minimum atomic E-state index is -1.17. The summed E-state index contributed by atoms with van der Waals surface area (Å²) in [6, 6.07) is 36.8. The smallest absolute Gasteiger partial charge is 0.343 e. The van der Waals surface area contributed by atoms with Crippen molar-refractivity contribution >= 4 is 35.2 Å². The largest absolute Gasteiger partial charge is 0.497 e. The van der Waals surface area contributed by atoms with Gasteiger partial charge in [0.1, 0.15) is 34.3 Å². The van der Waals surface area contributed by atoms with Crippen LogP contribution in [0.25, 0.3) is 23.3 Å². The van der Waals surface area contributed by atoms with Crippen molar-refractivity contribution in [1.29, 1.82) is 0 Å². The number of allylic oxidation sites excluding steroid dienone is 4. The first-order valence-corrected chi connectivity index (χ1v) is 20.6. The molecule has 0 atom stereocenters. The van der Waals surface area contributed by atoms with Crippen LogP contribution >= 0.6 is 0 Å². The fourth-order valence-corrected chi connectivity index (χ4v) is 8.47. The summed E-state index contributed by atoms with van der Waals surface area (Å²) in [4.78, 5) is 25.7. The Morgan fingerprint density at radius 2 is 1.15 bits per heavy atom. The van der Waals surface area contributed by atoms with E-state index >= 15 is 0 Å². The van der Waals surface area contributed by atoms with E-state index in [0.717, 1.165) is 82.9 Å². The highest BCUT2D eigenvalue weighted by Crippen LogP contribution is 2.37. The SMILES string of the molecule is COc1cc(CC2=CCc3cccc(/C=C/c4ccc(C(=O)Oc5cc(CCc6cccc7c6C(Cc6cc(OC)cc(OC)c6)=CC7)ccc5C(=O)O)cc4)c32)cc(OC)c1. The summed E-state index contributed by atoms with van der Waals surface area (Å²) in [6.45, 7) is 0. The molecule has 0 fully saturated rings. The van der Waals surface area contributed by atoms with Crippen molar-refractivity contribution in [1.82, 2.24) is 0 Å². The Bertz CT molecular complexity index is 2710. The second-order valence-corrected chi connectivity index (χ2v) is 15.5. The molecule has 8 rings (SSSR count). The van der Waals surface area contributed by atoms with Crippen LogP contribution in [0.3, 0.4) is 0 Å². The molecule has 0 heterocycles. The molecular weight excluding hydrogens is 777 g/mol. The van der Waals surface area contributed by atoms with Crippen molar-refractivity contribution in [3.8, 4) is 28.7 Å². The van der Waals surface area contributed by atoms with Crippen LogP contribution in [0.15, 0.2) is 127 Å². The maximum atomic E-state index is 13.5. The molecule has 0 aliphatic heterocycles. The highest BCUT2D eigenvalue weighted by atomic mass is 16.5. The van der Waals surface area contributed by atoms with Gasteiger partial charge in [0, 0.05) is 12.1 Å². The molecule has 0 bridgehead atoms. The van der Waals surface area contributed by atoms with Crippen molar-refractivity contribution < 1.29 is 38.4 Å². The Kier molecular flexibility index (Phi) is 12.4. The molecule has 0 aromatic heterocycles. The summed E-state index contributed by atoms with van der Waals surface area (Å²) in [6.07, 6.45) is 13.2. The number of aryl methyl sites for hydroxylation is 2. The zero-order chi connectivity index (χ0) is 43.2. The van der Waals surface area contributed by atoms with Crippen molar-refractivity contribution in [2.45, 2.75) is 38.5 Å². The minimum Gasteiger partial charge on any atom is -0.497 e. The molecule has 6 aromatic carbocycles. The van der Waals surface area contributed by atoms with E-state index < -0.39 is 11.9 Å². The molecule has 8 nitrogen and oxygen atoms in total. The van der Waals surface area contributed by atoms with Crippen molar-refractivity contribution in [2.24, 2.45) is 0 Å². The Hall–Kier alpha value is -7.32. The Morgan fingerprint density at radius 3 is 1.73 bits per heavy atom. The van der Waals surface area contributed by atoms with E-state index in [9.17, 15) is 14.7 Å². The number of carbonyl (C=O) groups excluding carboxylic acids is 1. The Morgan fingerprint density at radius 1 is 0.581 bits per heavy atom. The van der Waals surface area contributed by atoms with Crippen molar-refractivity contribution in [2.75, 3.05) is 28.4 Å². The molecule has 0 spiro atoms. The third kappa shape index (κ3) is 9.20. The van der Waals surface area contributed by atoms with E-state index in [1.807, 2.05) is 54.6 Å². The van der Waals surface area contributed by atoms with Crippen LogP contribution in [-0.4, -0.2) is 45.5 Å². The third-order valence-electron chi connectivity index (χ3n) is 11.6. The lowest BCUT2D eigenvalue weighted by molar-refractivity contribution is 0.0681. The summed E-state index contributed by atoms with van der Waals surface area (Å²) in [5.41, 5.74) is 14.1. The van der Waals surface area contributed by atoms with E-state index in [-0.39, 0.29) is 11.3 Å². The van der Waals surface area contributed by atoms with E-state index in [2.05, 4.69) is 54.6 Å². The van der Waals surface area contributed by atoms with Gasteiger partial charge in [-0.3, -0.25) is 0 Å². The molecular formula is C54H48O8. The third-order valence-corrected chi connectivity index (χ3v) is 11.6. The molecule has 0 saturated carbocycles. The van der Waals surface area contributed by atoms with Crippen LogP contribution < -0.4 is 23.7 Å². The number of fused-ring (bicyclic) bond motifs is 2. The first-order valence-electron chi connectivity index (χ1n) is 20.6. The summed E-state index contributed by atoms with van der Waals surface area (Å²) >= 11 is 0. The van der Waals surface area contributed by atoms with Gasteiger partial charge in [-0.2, -0.15) is 0 Å². The number of methoxy groups -OCH3 is 4. The number of hydrogen-bond donors (Lipinski definition) is 1. The molecule has 1 N–H and O–H groups in total. The van der Waals surface area contributed by atoms with Crippen LogP contribution in [-0.2, 0) is 38.5 Å². The molecule has 8 heteroatoms. The standard InChI is InChI=1S/C54H48O8/c1-58-45-27-36(28-46(32-45)59-2)25-43-22-20-40-9-5-7-38(51(40)43)16-11-34-12-18-42(19-13-34)54(57)62-50-31-35(15-24-49(50)53(55)56)14-17-39-8-6-10-41-21-23-44(52(39)41)26-37-29-47(60-3)33-48(30-37)61-4/h5-13,15-16,18-19,22-24,27-33H,14,17,20-21,25-26H2,1-4H3,(H,55,56)/b16-11+. The van der Waals surface area contributed by atoms with Crippen LogP contribution in [0.5, 0.6) is 28.7 Å². The van der Waals surface area contributed by atoms with Gasteiger partial charge in [-0.25, -0.2) is 9.59 Å². The highest BCUT2D eigenvalue weighted by Gasteiger charge is 2.22. The van der Waals surface area contributed by atoms with Gasteiger partial charge in [0.15, 0.2) is 0 Å². The second-order valence-electron chi connectivity index (χ2n) is 15.5. The number of carboxylic acids is 1. The average Bonchev–Trinajstić information content (AvgIpc) is 3.91. The summed E-state index contributed by atoms with van der Waals surface area (Å²) in [7, 11) is 6.62. The zero-order valence-electron chi connectivity index (χ0n) is 35.3. The Labute approximate surface area is 362 Å². The van der Waals surface area contributed by atoms with Gasteiger partial charge in [-0.1, -0.05) is 78.9 Å². The topological polar surface area (TPSA) is 101 Å². The van der Waals surface area contributed by atoms with Crippen LogP contribution in [0.4, 0.5) is 0 Å². The first-order chi connectivity index (χ1) is 30.2. The van der Waals surface area contributed by atoms with E-state index in [0.29, 0.717) is 12.0 Å². The van der Waals surface area contributed by atoms with Crippen molar-refractivity contribution in [3.63, 3.8) is 0 Å². The van der Waals surface area contributed by atoms with Crippen LogP contribution in [0, 0.1) is 0 Å². The lowest BCUT2D eigenvalue weighted by Gasteiger charge is -2.15. The molecule has 2 aliphatic carbocycles. The normalized spacial score (nSPS) is 12.6. The summed E-state index contributed by atoms with van der Waals surface area (Å²) in [5, 5.41) is 10.0. The maximum Gasteiger partial charge on any atom is 0.343 e. The summed E-state index contributed by atoms with van der Waals surface area (Å²) in [5.74, 6) is 1.23. The van der Waals surface area contributed by atoms with Crippen LogP contribution in [0.1, 0.15) is 76.4 Å². The van der Waals surface area contributed by atoms with Gasteiger partial charge < -0.3 is 28.8 Å². The molecule has 0 amide bonds. The van der Waals surface area contributed by atoms with Gasteiger partial charge in [0.2, 0.25) is 0 Å². The molecule has 62 heavy (non-hydrogen) atoms. The predicted molar refractivity (Wildman–Crippen MR) is 244 cm³/mol. The number of benzene rings is 6. The molecule has 0 unspecified atom stereocenters. The molecule has 312 valence electrons. The fraction of sp³-hybridized carbons (Fsp3) is 0.185. The van der Waals surface area contributed by atoms with E-state index in [1.165, 1.54) is 45.0 Å². The van der Waals surface area contributed by atoms with E-state index in [1.54, 1.807) is 52.7 Å². The molecule has 0 saturated heterocycles. The highest BCUT2D eigenvalue weighted by molar-refractivity contribution is 5.96. The molecule has 2 aliphatic rings. The quantitative estimate of drug-likeness (QED) is 0.0585. The van der Waals surface area contributed by atoms with Crippen molar-refractivity contribution in [3.05, 3.63) is 194 Å². The van der Waals surface area contributed by atoms with Gasteiger partial charge in [-0.05, 0) is 154 Å². The Balaban J connectivity index is 0.942. The monoisotopic (exact) mass is 824 g/mol. The number of aromatic carboxylic acids is 1. The number of hydrogen-bond acceptors (Lipinski definition) is 7. The predicted octanol–water partition coefficient (Wildman–Crippen LogP) is 11.0. The van der Waals surface area contributed by atoms with E-state index in [4.69, 9.17) is 23.7 Å². The first kappa shape index (κ1) is 41.4. The average molecular weight is 825 g/mol. The fourth-order valence-electron chi connectivity index (χ4n) is 8.47. The second kappa shape index (κ2) is 18.5. The van der Waals surface area contributed by atoms with Gasteiger partial charge in [-0.15, -0.1) is 0 Å². The van der Waals surface area contributed by atoms with Gasteiger partial charge in [0.25, 0.3) is 0 Å². The number of carbonyl (C=O) groups is 2. The lowest BCUT2D eigenvalue weighted by Crippen LogP contribution is -2.12. The van der Waals surface area contributed by atoms with Gasteiger partial charge in [0.05, 0.1) is 34.0 Å². The number of rotatable bonds is 16. The molecule has 6 aromatic rings. The number of esters is 1. The lowest BCUT2D eigenvalue weighted by atomic mass is 9.91. The molecule has 0 radical (unpaired) electrons. The minimum absolute atomic E-state index is 0.0176. The summed E-state index contributed by atoms with van der Waals surface area (Å²) < 4.78 is 27.8. The van der Waals surface area contributed by atoms with Gasteiger partial charge >= 0.3 is 11.9 Å². The number of ether oxygens (including phenoxy) is 5. The van der Waals surface area contributed by atoms with Crippen LogP contribution in [0.2, 0.25) is 0 Å². The zero-order valence-corrected chi connectivity index (χ0v) is 35.3. The number of carboxylic acid groups (broad SMARTS) is 1.